The molecule has 2 aromatic rings. The van der Waals surface area contributed by atoms with E-state index < -0.39 is 70.2 Å². The highest BCUT2D eigenvalue weighted by Gasteiger charge is 2.57. The molecule has 2 atom stereocenters. The van der Waals surface area contributed by atoms with Crippen LogP contribution >= 0.6 is 11.3 Å². The van der Waals surface area contributed by atoms with E-state index in [0.717, 1.165) is 17.4 Å². The minimum absolute atomic E-state index is 0.0206. The molecule has 1 aliphatic heterocycles. The van der Waals surface area contributed by atoms with Gasteiger partial charge in [0.25, 0.3) is 12.0 Å². The van der Waals surface area contributed by atoms with Crippen molar-refractivity contribution in [1.82, 2.24) is 10.0 Å². The lowest BCUT2D eigenvalue weighted by molar-refractivity contribution is -0.228. The fourth-order valence-electron chi connectivity index (χ4n) is 3.55. The van der Waals surface area contributed by atoms with E-state index in [1.54, 1.807) is 0 Å². The lowest BCUT2D eigenvalue weighted by atomic mass is 9.74. The number of hydrogen-bond donors (Lipinski definition) is 6. The van der Waals surface area contributed by atoms with Gasteiger partial charge in [-0.3, -0.25) is 19.6 Å². The number of carboxylic acid groups (broad SMARTS) is 1. The Bertz CT molecular complexity index is 1490. The van der Waals surface area contributed by atoms with Gasteiger partial charge in [0.15, 0.2) is 16.6 Å². The molecule has 1 fully saturated rings. The Hall–Kier alpha value is -4.33. The number of anilines is 1. The third-order valence-electron chi connectivity index (χ3n) is 5.67. The molecule has 0 aliphatic carbocycles. The number of β-lactam (4-membered cyclic amide) rings is 1. The topological polar surface area (TPSA) is 278 Å². The highest BCUT2D eigenvalue weighted by Crippen LogP contribution is 2.40. The number of aliphatic carboxylic acids is 1. The summed E-state index contributed by atoms with van der Waals surface area (Å²) in [4.78, 5) is 46.4. The van der Waals surface area contributed by atoms with Gasteiger partial charge in [0, 0.05) is 17.9 Å². The van der Waals surface area contributed by atoms with Gasteiger partial charge in [0.2, 0.25) is 0 Å². The van der Waals surface area contributed by atoms with Crippen molar-refractivity contribution >= 4 is 56.1 Å². The zero-order chi connectivity index (χ0) is 30.0. The minimum atomic E-state index is -5.00. The molecule has 1 unspecified atom stereocenters. The molecule has 8 N–H and O–H groups in total. The number of amides is 1. The second-order valence-corrected chi connectivity index (χ2v) is 10.7. The first-order valence-electron chi connectivity index (χ1n) is 11.0. The Kier molecular flexibility index (Phi) is 8.63. The van der Waals surface area contributed by atoms with E-state index in [2.05, 4.69) is 14.4 Å². The zero-order valence-electron chi connectivity index (χ0n) is 20.8. The highest BCUT2D eigenvalue weighted by molar-refractivity contribution is 7.80. The Balaban J connectivity index is 1.78. The molecule has 1 aromatic carbocycles. The number of thiazole rings is 1. The number of Topliss-reactive ketones (excluding diaryl/α,β-unsaturated/α-hetero) is 1. The monoisotopic (exact) mass is 600 g/mol. The molecule has 0 bridgehead atoms. The molecule has 19 heteroatoms. The Labute approximate surface area is 230 Å². The van der Waals surface area contributed by atoms with Crippen molar-refractivity contribution in [2.24, 2.45) is 16.8 Å². The van der Waals surface area contributed by atoms with E-state index in [0.29, 0.717) is 5.06 Å². The quantitative estimate of drug-likeness (QED) is 0.0576. The van der Waals surface area contributed by atoms with E-state index in [-0.39, 0.29) is 27.9 Å². The number of carbonyl (C=O) groups excluding carboxylic acids is 2. The van der Waals surface area contributed by atoms with Crippen LogP contribution in [0, 0.1) is 11.3 Å². The number of carbonyl (C=O) groups is 3. The minimum Gasteiger partial charge on any atom is -0.507 e. The van der Waals surface area contributed by atoms with Crippen molar-refractivity contribution in [3.63, 3.8) is 0 Å². The number of hydrogen-bond acceptors (Lipinski definition) is 14. The molecule has 1 amide bonds. The fraction of sp³-hybridized carbons (Fsp3) is 0.333. The third kappa shape index (κ3) is 6.81. The van der Waals surface area contributed by atoms with E-state index in [1.807, 2.05) is 0 Å². The molecular formula is C21H24N6O11S2. The number of ether oxygens (including phenoxy) is 1. The second-order valence-electron chi connectivity index (χ2n) is 8.82. The average Bonchev–Trinajstić information content (AvgIpc) is 3.27. The van der Waals surface area contributed by atoms with Crippen LogP contribution in [0.15, 0.2) is 28.7 Å². The summed E-state index contributed by atoms with van der Waals surface area (Å²) in [6.45, 7) is 2.16. The summed E-state index contributed by atoms with van der Waals surface area (Å²) in [5, 5.41) is 32.3. The van der Waals surface area contributed by atoms with Gasteiger partial charge in [-0.05, 0) is 26.0 Å². The fourth-order valence-corrected chi connectivity index (χ4v) is 4.55. The van der Waals surface area contributed by atoms with Crippen LogP contribution in [-0.4, -0.2) is 80.7 Å². The molecule has 3 rings (SSSR count). The molecule has 1 saturated heterocycles. The maximum Gasteiger partial charge on any atom is 0.418 e. The average molecular weight is 601 g/mol. The Morgan fingerprint density at radius 1 is 1.35 bits per heavy atom. The molecule has 17 nitrogen and oxygen atoms in total. The number of rotatable bonds is 13. The number of carboxylic acids is 1. The van der Waals surface area contributed by atoms with E-state index in [1.165, 1.54) is 31.4 Å². The highest BCUT2D eigenvalue weighted by atomic mass is 32.3. The predicted octanol–water partition coefficient (Wildman–Crippen LogP) is -0.102. The first-order chi connectivity index (χ1) is 18.5. The van der Waals surface area contributed by atoms with Crippen LogP contribution in [-0.2, 0) is 33.9 Å². The standard InChI is InChI=1S/C21H24N6O11S2/c1-21(2)11(18(30)27(21)38-40(33,34)35)6-14(29)16(12-8-39-20(24)25-12)26-37-15(19(31)32)7-36-9-3-4-10(17(22)23)13(28)5-9/h3-5,8,11,15,28H,6-7H2,1-2H3,(H3,22,23)(H2,24,25)(H,31,32)(H,33,34,35)/b26-16-/t11?,15-/m0/s1. The van der Waals surface area contributed by atoms with Gasteiger partial charge in [-0.25, -0.2) is 9.78 Å². The molecular weight excluding hydrogens is 576 g/mol. The van der Waals surface area contributed by atoms with Crippen molar-refractivity contribution in [1.29, 1.82) is 5.41 Å². The zero-order valence-corrected chi connectivity index (χ0v) is 22.4. The Morgan fingerprint density at radius 3 is 2.52 bits per heavy atom. The van der Waals surface area contributed by atoms with Gasteiger partial charge in [0.05, 0.1) is 17.0 Å². The Morgan fingerprint density at radius 2 is 2.02 bits per heavy atom. The van der Waals surface area contributed by atoms with Crippen LogP contribution in [0.2, 0.25) is 0 Å². The van der Waals surface area contributed by atoms with Crippen LogP contribution in [0.25, 0.3) is 0 Å². The normalized spacial score (nSPS) is 17.6. The smallest absolute Gasteiger partial charge is 0.418 e. The van der Waals surface area contributed by atoms with Gasteiger partial charge in [-0.2, -0.15) is 13.5 Å². The van der Waals surface area contributed by atoms with Gasteiger partial charge < -0.3 is 31.3 Å². The third-order valence-corrected chi connectivity index (χ3v) is 6.68. The van der Waals surface area contributed by atoms with Gasteiger partial charge >= 0.3 is 16.4 Å². The lowest BCUT2D eigenvalue weighted by Crippen LogP contribution is -2.68. The summed E-state index contributed by atoms with van der Waals surface area (Å²) in [5.41, 5.74) is 9.13. The predicted molar refractivity (Wildman–Crippen MR) is 137 cm³/mol. The van der Waals surface area contributed by atoms with E-state index in [4.69, 9.17) is 31.0 Å². The van der Waals surface area contributed by atoms with Crippen LogP contribution in [0.3, 0.4) is 0 Å². The van der Waals surface area contributed by atoms with Gasteiger partial charge in [-0.1, -0.05) is 5.16 Å². The van der Waals surface area contributed by atoms with Gasteiger partial charge in [-0.15, -0.1) is 15.6 Å². The second kappa shape index (κ2) is 11.4. The summed E-state index contributed by atoms with van der Waals surface area (Å²) in [5.74, 6) is -5.11. The SMILES string of the molecule is CC1(C)C(CC(=O)/C(=N\O[C@@H](COc2ccc(C(=N)N)c(O)c2)C(=O)O)c2csc(N)n2)C(=O)N1OS(=O)(=O)O. The maximum absolute atomic E-state index is 13.2. The number of benzene rings is 1. The summed E-state index contributed by atoms with van der Waals surface area (Å²) < 4.78 is 40.6. The number of ketones is 1. The molecule has 0 saturated carbocycles. The van der Waals surface area contributed by atoms with Crippen LogP contribution in [0.1, 0.15) is 31.5 Å². The molecule has 1 aliphatic rings. The largest absolute Gasteiger partial charge is 0.507 e. The first kappa shape index (κ1) is 30.2. The van der Waals surface area contributed by atoms with Crippen molar-refractivity contribution in [2.75, 3.05) is 12.3 Å². The van der Waals surface area contributed by atoms with Crippen LogP contribution in [0.4, 0.5) is 5.13 Å². The summed E-state index contributed by atoms with van der Waals surface area (Å²) in [6.07, 6.45) is -2.29. The van der Waals surface area contributed by atoms with Crippen LogP contribution < -0.4 is 16.2 Å². The number of nitrogen functional groups attached to an aromatic ring is 2. The first-order valence-corrected chi connectivity index (χ1v) is 13.3. The molecule has 0 radical (unpaired) electrons. The van der Waals surface area contributed by atoms with E-state index in [9.17, 15) is 33.0 Å². The van der Waals surface area contributed by atoms with Crippen molar-refractivity contribution < 1.29 is 51.4 Å². The number of phenols is 1. The maximum atomic E-state index is 13.2. The van der Waals surface area contributed by atoms with Crippen molar-refractivity contribution in [3.05, 3.63) is 34.8 Å². The summed E-state index contributed by atoms with van der Waals surface area (Å²) in [6, 6.07) is 3.73. The molecule has 0 spiro atoms. The lowest BCUT2D eigenvalue weighted by Gasteiger charge is -2.50. The molecule has 216 valence electrons. The number of oxime groups is 1. The van der Waals surface area contributed by atoms with Crippen molar-refractivity contribution in [3.8, 4) is 11.5 Å². The van der Waals surface area contributed by atoms with E-state index >= 15 is 0 Å². The number of nitrogens with one attached hydrogen (secondary N) is 1. The number of nitrogens with zero attached hydrogens (tertiary/aromatic N) is 3. The molecule has 40 heavy (non-hydrogen) atoms. The number of nitrogens with two attached hydrogens (primary N) is 2. The number of phenolic OH excluding ortho intramolecular Hbond substituents is 1. The number of amidine groups is 1. The van der Waals surface area contributed by atoms with Crippen molar-refractivity contribution in [2.45, 2.75) is 31.9 Å². The summed E-state index contributed by atoms with van der Waals surface area (Å²) >= 11 is 0.948. The van der Waals surface area contributed by atoms with Gasteiger partial charge in [0.1, 0.15) is 29.6 Å². The molecule has 1 aromatic heterocycles. The number of hydroxylamine groups is 2. The number of aromatic nitrogens is 1. The summed E-state index contributed by atoms with van der Waals surface area (Å²) in [7, 11) is -5.00. The van der Waals surface area contributed by atoms with Crippen LogP contribution in [0.5, 0.6) is 11.5 Å². The molecule has 2 heterocycles. The number of aromatic hydroxyl groups is 1.